The molecule has 0 aliphatic heterocycles. The summed E-state index contributed by atoms with van der Waals surface area (Å²) >= 11 is 12.1. The van der Waals surface area contributed by atoms with Crippen LogP contribution < -0.4 is 5.32 Å². The Bertz CT molecular complexity index is 582. The minimum atomic E-state index is -1.02. The Hall–Kier alpha value is -1.55. The fourth-order valence-corrected chi connectivity index (χ4v) is 2.53. The van der Waals surface area contributed by atoms with Crippen molar-refractivity contribution in [2.24, 2.45) is 0 Å². The topological polar surface area (TPSA) is 49.3 Å². The van der Waals surface area contributed by atoms with Crippen molar-refractivity contribution in [1.29, 1.82) is 0 Å². The van der Waals surface area contributed by atoms with E-state index in [0.717, 1.165) is 5.56 Å². The van der Waals surface area contributed by atoms with Gasteiger partial charge in [0.2, 0.25) is 0 Å². The van der Waals surface area contributed by atoms with Gasteiger partial charge in [0.15, 0.2) is 0 Å². The quantitative estimate of drug-likeness (QED) is 0.880. The van der Waals surface area contributed by atoms with Crippen LogP contribution in [-0.4, -0.2) is 11.1 Å². The Morgan fingerprint density at radius 2 is 1.65 bits per heavy atom. The summed E-state index contributed by atoms with van der Waals surface area (Å²) in [4.78, 5) is 11.4. The number of aliphatic carboxylic acids is 1. The van der Waals surface area contributed by atoms with E-state index in [1.807, 2.05) is 30.3 Å². The standard InChI is InChI=1S/C15H13Cl2NO2/c16-11-7-4-8-12(17)13(11)14(15(19)20)18-9-10-5-2-1-3-6-10/h1-8,14,18H,9H2,(H,19,20). The Morgan fingerprint density at radius 3 is 2.20 bits per heavy atom. The van der Waals surface area contributed by atoms with Gasteiger partial charge in [-0.15, -0.1) is 0 Å². The first kappa shape index (κ1) is 14.9. The summed E-state index contributed by atoms with van der Waals surface area (Å²) in [6.07, 6.45) is 0. The van der Waals surface area contributed by atoms with Gasteiger partial charge in [-0.25, -0.2) is 0 Å². The van der Waals surface area contributed by atoms with E-state index < -0.39 is 12.0 Å². The molecule has 0 aromatic heterocycles. The highest BCUT2D eigenvalue weighted by molar-refractivity contribution is 6.36. The molecule has 2 aromatic rings. The molecule has 2 N–H and O–H groups in total. The predicted molar refractivity (Wildman–Crippen MR) is 80.1 cm³/mol. The molecular formula is C15H13Cl2NO2. The molecule has 5 heteroatoms. The largest absolute Gasteiger partial charge is 0.480 e. The lowest BCUT2D eigenvalue weighted by Gasteiger charge is -2.17. The first-order valence-electron chi connectivity index (χ1n) is 6.03. The maximum Gasteiger partial charge on any atom is 0.325 e. The van der Waals surface area contributed by atoms with Crippen LogP contribution in [0.15, 0.2) is 48.5 Å². The van der Waals surface area contributed by atoms with Crippen LogP contribution >= 0.6 is 23.2 Å². The fourth-order valence-electron chi connectivity index (χ4n) is 1.92. The van der Waals surface area contributed by atoms with Gasteiger partial charge in [0, 0.05) is 22.2 Å². The zero-order chi connectivity index (χ0) is 14.5. The monoisotopic (exact) mass is 309 g/mol. The predicted octanol–water partition coefficient (Wildman–Crippen LogP) is 3.91. The van der Waals surface area contributed by atoms with Gasteiger partial charge in [-0.05, 0) is 17.7 Å². The third kappa shape index (κ3) is 3.51. The molecule has 1 unspecified atom stereocenters. The van der Waals surface area contributed by atoms with Crippen molar-refractivity contribution in [2.45, 2.75) is 12.6 Å². The lowest BCUT2D eigenvalue weighted by molar-refractivity contribution is -0.139. The SMILES string of the molecule is O=C(O)C(NCc1ccccc1)c1c(Cl)cccc1Cl. The van der Waals surface area contributed by atoms with Gasteiger partial charge in [-0.2, -0.15) is 0 Å². The number of halogens is 2. The van der Waals surface area contributed by atoms with Gasteiger partial charge in [0.25, 0.3) is 0 Å². The van der Waals surface area contributed by atoms with Crippen molar-refractivity contribution < 1.29 is 9.90 Å². The number of carbonyl (C=O) groups is 1. The molecule has 0 amide bonds. The summed E-state index contributed by atoms with van der Waals surface area (Å²) < 4.78 is 0. The molecular weight excluding hydrogens is 297 g/mol. The molecule has 0 aliphatic rings. The Labute approximate surface area is 127 Å². The zero-order valence-corrected chi connectivity index (χ0v) is 12.0. The maximum absolute atomic E-state index is 11.4. The average molecular weight is 310 g/mol. The molecule has 2 rings (SSSR count). The minimum absolute atomic E-state index is 0.338. The summed E-state index contributed by atoms with van der Waals surface area (Å²) in [5, 5.41) is 13.0. The normalized spacial score (nSPS) is 12.1. The molecule has 0 spiro atoms. The molecule has 20 heavy (non-hydrogen) atoms. The van der Waals surface area contributed by atoms with Crippen LogP contribution in [-0.2, 0) is 11.3 Å². The van der Waals surface area contributed by atoms with Crippen LogP contribution in [0.4, 0.5) is 0 Å². The van der Waals surface area contributed by atoms with Crippen molar-refractivity contribution in [1.82, 2.24) is 5.32 Å². The molecule has 0 bridgehead atoms. The van der Waals surface area contributed by atoms with Crippen molar-refractivity contribution in [3.05, 3.63) is 69.7 Å². The van der Waals surface area contributed by atoms with Crippen LogP contribution in [0.2, 0.25) is 10.0 Å². The summed E-state index contributed by atoms with van der Waals surface area (Å²) in [5.41, 5.74) is 1.38. The second kappa shape index (κ2) is 6.75. The van der Waals surface area contributed by atoms with E-state index >= 15 is 0 Å². The fraction of sp³-hybridized carbons (Fsp3) is 0.133. The molecule has 0 aliphatic carbocycles. The van der Waals surface area contributed by atoms with E-state index in [2.05, 4.69) is 5.32 Å². The summed E-state index contributed by atoms with van der Waals surface area (Å²) in [6.45, 7) is 0.416. The Kier molecular flexibility index (Phi) is 5.01. The molecule has 0 radical (unpaired) electrons. The first-order chi connectivity index (χ1) is 9.59. The first-order valence-corrected chi connectivity index (χ1v) is 6.79. The second-order valence-corrected chi connectivity index (χ2v) is 5.09. The minimum Gasteiger partial charge on any atom is -0.480 e. The number of benzene rings is 2. The summed E-state index contributed by atoms with van der Waals surface area (Å²) in [7, 11) is 0. The lowest BCUT2D eigenvalue weighted by atomic mass is 10.1. The van der Waals surface area contributed by atoms with Gasteiger partial charge in [0.05, 0.1) is 0 Å². The number of rotatable bonds is 5. The van der Waals surface area contributed by atoms with Gasteiger partial charge in [-0.1, -0.05) is 59.6 Å². The number of hydrogen-bond donors (Lipinski definition) is 2. The Balaban J connectivity index is 2.22. The molecule has 0 saturated carbocycles. The van der Waals surface area contributed by atoms with E-state index in [4.69, 9.17) is 23.2 Å². The third-order valence-electron chi connectivity index (χ3n) is 2.89. The van der Waals surface area contributed by atoms with Crippen molar-refractivity contribution in [3.63, 3.8) is 0 Å². The van der Waals surface area contributed by atoms with Crippen molar-refractivity contribution in [3.8, 4) is 0 Å². The van der Waals surface area contributed by atoms with Crippen LogP contribution in [0.1, 0.15) is 17.2 Å². The molecule has 0 heterocycles. The molecule has 2 aromatic carbocycles. The van der Waals surface area contributed by atoms with Crippen LogP contribution in [0, 0.1) is 0 Å². The van der Waals surface area contributed by atoms with E-state index in [-0.39, 0.29) is 0 Å². The highest BCUT2D eigenvalue weighted by Gasteiger charge is 2.24. The van der Waals surface area contributed by atoms with Gasteiger partial charge >= 0.3 is 5.97 Å². The van der Waals surface area contributed by atoms with Gasteiger partial charge in [0.1, 0.15) is 6.04 Å². The van der Waals surface area contributed by atoms with E-state index in [1.54, 1.807) is 18.2 Å². The zero-order valence-electron chi connectivity index (χ0n) is 10.5. The van der Waals surface area contributed by atoms with E-state index in [1.165, 1.54) is 0 Å². The second-order valence-electron chi connectivity index (χ2n) is 4.27. The third-order valence-corrected chi connectivity index (χ3v) is 3.55. The Morgan fingerprint density at radius 1 is 1.05 bits per heavy atom. The molecule has 3 nitrogen and oxygen atoms in total. The molecule has 1 atom stereocenters. The smallest absolute Gasteiger partial charge is 0.325 e. The van der Waals surface area contributed by atoms with Crippen LogP contribution in [0.3, 0.4) is 0 Å². The van der Waals surface area contributed by atoms with E-state index in [0.29, 0.717) is 22.2 Å². The number of carboxylic acid groups (broad SMARTS) is 1. The lowest BCUT2D eigenvalue weighted by Crippen LogP contribution is -2.28. The van der Waals surface area contributed by atoms with Gasteiger partial charge in [-0.3, -0.25) is 10.1 Å². The molecule has 0 fully saturated rings. The van der Waals surface area contributed by atoms with Crippen molar-refractivity contribution in [2.75, 3.05) is 0 Å². The molecule has 0 saturated heterocycles. The van der Waals surface area contributed by atoms with Crippen LogP contribution in [0.25, 0.3) is 0 Å². The average Bonchev–Trinajstić information content (AvgIpc) is 2.42. The summed E-state index contributed by atoms with van der Waals surface area (Å²) in [6, 6.07) is 13.5. The van der Waals surface area contributed by atoms with E-state index in [9.17, 15) is 9.90 Å². The van der Waals surface area contributed by atoms with Crippen molar-refractivity contribution >= 4 is 29.2 Å². The number of nitrogens with one attached hydrogen (secondary N) is 1. The number of hydrogen-bond acceptors (Lipinski definition) is 2. The van der Waals surface area contributed by atoms with Crippen LogP contribution in [0.5, 0.6) is 0 Å². The van der Waals surface area contributed by atoms with Gasteiger partial charge < -0.3 is 5.11 Å². The highest BCUT2D eigenvalue weighted by Crippen LogP contribution is 2.30. The molecule has 104 valence electrons. The highest BCUT2D eigenvalue weighted by atomic mass is 35.5. The maximum atomic E-state index is 11.4. The summed E-state index contributed by atoms with van der Waals surface area (Å²) in [5.74, 6) is -1.02. The number of carboxylic acids is 1.